The molecule has 0 aliphatic carbocycles. The molecule has 12 heteroatoms. The van der Waals surface area contributed by atoms with Crippen molar-refractivity contribution in [3.8, 4) is 5.75 Å². The first-order valence-corrected chi connectivity index (χ1v) is 13.1. The highest BCUT2D eigenvalue weighted by molar-refractivity contribution is 8.18. The maximum Gasteiger partial charge on any atom is 0.339 e. The first kappa shape index (κ1) is 25.5. The molecule has 3 aromatic rings. The van der Waals surface area contributed by atoms with Crippen LogP contribution >= 0.6 is 46.6 Å². The van der Waals surface area contributed by atoms with Crippen molar-refractivity contribution < 1.29 is 26.6 Å². The molecule has 3 aromatic carbocycles. The van der Waals surface area contributed by atoms with Crippen molar-refractivity contribution in [2.45, 2.75) is 11.4 Å². The molecule has 1 aliphatic rings. The summed E-state index contributed by atoms with van der Waals surface area (Å²) >= 11 is 18.7. The van der Waals surface area contributed by atoms with Gasteiger partial charge in [-0.3, -0.25) is 14.5 Å². The SMILES string of the molecule is O=C1S/C(=C\c2ccc(OS(=O)(=O)c3ccc(Cl)cc3)c(Cl)c2)C(=O)N1Cc1ccc(F)cc1Cl. The van der Waals surface area contributed by atoms with Crippen LogP contribution in [-0.4, -0.2) is 24.5 Å². The van der Waals surface area contributed by atoms with Crippen molar-refractivity contribution in [3.05, 3.63) is 97.6 Å². The van der Waals surface area contributed by atoms with Gasteiger partial charge in [-0.15, -0.1) is 0 Å². The smallest absolute Gasteiger partial charge is 0.339 e. The lowest BCUT2D eigenvalue weighted by Crippen LogP contribution is -2.27. The molecule has 1 fully saturated rings. The normalized spacial score (nSPS) is 15.2. The fraction of sp³-hybridized carbons (Fsp3) is 0.0435. The van der Waals surface area contributed by atoms with E-state index in [9.17, 15) is 22.4 Å². The van der Waals surface area contributed by atoms with Crippen LogP contribution in [0.2, 0.25) is 15.1 Å². The van der Waals surface area contributed by atoms with E-state index < -0.39 is 27.1 Å². The maximum absolute atomic E-state index is 13.3. The number of hydrogen-bond acceptors (Lipinski definition) is 6. The maximum atomic E-state index is 13.3. The number of nitrogens with zero attached hydrogens (tertiary/aromatic N) is 1. The Morgan fingerprint density at radius 2 is 1.66 bits per heavy atom. The Hall–Kier alpha value is -2.56. The second kappa shape index (κ2) is 10.2. The number of amides is 2. The highest BCUT2D eigenvalue weighted by atomic mass is 35.5. The molecule has 0 unspecified atom stereocenters. The van der Waals surface area contributed by atoms with Crippen LogP contribution in [0.5, 0.6) is 5.75 Å². The summed E-state index contributed by atoms with van der Waals surface area (Å²) in [6.07, 6.45) is 1.44. The number of imide groups is 1. The van der Waals surface area contributed by atoms with E-state index in [-0.39, 0.29) is 32.1 Å². The van der Waals surface area contributed by atoms with Gasteiger partial charge in [0.2, 0.25) is 0 Å². The van der Waals surface area contributed by atoms with Crippen LogP contribution in [0.1, 0.15) is 11.1 Å². The molecule has 0 N–H and O–H groups in total. The largest absolute Gasteiger partial charge is 0.377 e. The number of carbonyl (C=O) groups is 2. The van der Waals surface area contributed by atoms with Crippen molar-refractivity contribution >= 4 is 73.9 Å². The van der Waals surface area contributed by atoms with E-state index >= 15 is 0 Å². The fourth-order valence-corrected chi connectivity index (χ4v) is 5.46. The second-order valence-electron chi connectivity index (χ2n) is 7.18. The summed E-state index contributed by atoms with van der Waals surface area (Å²) in [5.41, 5.74) is 0.861. The third kappa shape index (κ3) is 5.82. The van der Waals surface area contributed by atoms with E-state index in [0.29, 0.717) is 16.1 Å². The van der Waals surface area contributed by atoms with E-state index in [4.69, 9.17) is 39.0 Å². The molecule has 0 spiro atoms. The first-order valence-electron chi connectivity index (χ1n) is 9.72. The standard InChI is InChI=1S/C23H13Cl3FNO5S2/c24-15-3-6-17(7-4-15)35(31,32)33-20-8-1-13(9-19(20)26)10-21-22(29)28(23(30)34-21)12-14-2-5-16(27)11-18(14)25/h1-11H,12H2/b21-10-. The van der Waals surface area contributed by atoms with E-state index in [1.165, 1.54) is 60.7 Å². The Morgan fingerprint density at radius 3 is 2.31 bits per heavy atom. The molecule has 4 rings (SSSR count). The Morgan fingerprint density at radius 1 is 0.943 bits per heavy atom. The topological polar surface area (TPSA) is 80.8 Å². The third-order valence-corrected chi connectivity index (χ3v) is 7.83. The third-order valence-electron chi connectivity index (χ3n) is 4.77. The summed E-state index contributed by atoms with van der Waals surface area (Å²) in [5.74, 6) is -1.20. The van der Waals surface area contributed by atoms with E-state index in [1.807, 2.05) is 0 Å². The van der Waals surface area contributed by atoms with Gasteiger partial charge in [0.05, 0.1) is 16.5 Å². The molecule has 0 bridgehead atoms. The number of benzene rings is 3. The van der Waals surface area contributed by atoms with Crippen molar-refractivity contribution in [2.24, 2.45) is 0 Å². The zero-order chi connectivity index (χ0) is 25.3. The molecule has 6 nitrogen and oxygen atoms in total. The van der Waals surface area contributed by atoms with Crippen LogP contribution in [0, 0.1) is 5.82 Å². The summed E-state index contributed by atoms with van der Waals surface area (Å²) in [6.45, 7) is -0.114. The van der Waals surface area contributed by atoms with Crippen molar-refractivity contribution in [3.63, 3.8) is 0 Å². The highest BCUT2D eigenvalue weighted by Crippen LogP contribution is 2.36. The summed E-state index contributed by atoms with van der Waals surface area (Å²) in [6, 6.07) is 13.4. The van der Waals surface area contributed by atoms with Gasteiger partial charge in [-0.25, -0.2) is 4.39 Å². The predicted octanol–water partition coefficient (Wildman–Crippen LogP) is 6.79. The molecule has 1 saturated heterocycles. The summed E-state index contributed by atoms with van der Waals surface area (Å²) < 4.78 is 43.4. The molecule has 35 heavy (non-hydrogen) atoms. The summed E-state index contributed by atoms with van der Waals surface area (Å²) in [7, 11) is -4.15. The minimum Gasteiger partial charge on any atom is -0.377 e. The van der Waals surface area contributed by atoms with Gasteiger partial charge in [0, 0.05) is 10.0 Å². The van der Waals surface area contributed by atoms with E-state index in [1.54, 1.807) is 0 Å². The zero-order valence-corrected chi connectivity index (χ0v) is 21.3. The fourth-order valence-electron chi connectivity index (χ4n) is 3.05. The van der Waals surface area contributed by atoms with Crippen LogP contribution < -0.4 is 4.18 Å². The lowest BCUT2D eigenvalue weighted by atomic mass is 10.2. The molecule has 180 valence electrons. The number of halogens is 4. The van der Waals surface area contributed by atoms with Crippen LogP contribution in [0.15, 0.2) is 70.5 Å². The quantitative estimate of drug-likeness (QED) is 0.239. The van der Waals surface area contributed by atoms with Gasteiger partial charge < -0.3 is 4.18 Å². The molecule has 1 aliphatic heterocycles. The Balaban J connectivity index is 1.52. The highest BCUT2D eigenvalue weighted by Gasteiger charge is 2.35. The van der Waals surface area contributed by atoms with Gasteiger partial charge in [0.15, 0.2) is 5.75 Å². The van der Waals surface area contributed by atoms with Gasteiger partial charge in [-0.05, 0) is 77.5 Å². The number of hydrogen-bond donors (Lipinski definition) is 0. The van der Waals surface area contributed by atoms with Crippen molar-refractivity contribution in [1.82, 2.24) is 4.90 Å². The molecular formula is C23H13Cl3FNO5S2. The Bertz CT molecular complexity index is 1480. The van der Waals surface area contributed by atoms with Gasteiger partial charge in [-0.2, -0.15) is 8.42 Å². The average Bonchev–Trinajstić information content (AvgIpc) is 3.05. The van der Waals surface area contributed by atoms with Crippen molar-refractivity contribution in [2.75, 3.05) is 0 Å². The number of thioether (sulfide) groups is 1. The number of rotatable bonds is 6. The number of carbonyl (C=O) groups excluding carboxylic acids is 2. The van der Waals surface area contributed by atoms with Gasteiger partial charge in [0.25, 0.3) is 11.1 Å². The second-order valence-corrected chi connectivity index (χ2v) is 11.0. The average molecular weight is 573 g/mol. The zero-order valence-electron chi connectivity index (χ0n) is 17.4. The molecule has 0 aromatic heterocycles. The molecule has 0 atom stereocenters. The van der Waals surface area contributed by atoms with Gasteiger partial charge >= 0.3 is 10.1 Å². The Labute approximate surface area is 219 Å². The lowest BCUT2D eigenvalue weighted by molar-refractivity contribution is -0.123. The van der Waals surface area contributed by atoms with Crippen LogP contribution in [-0.2, 0) is 21.5 Å². The van der Waals surface area contributed by atoms with Crippen LogP contribution in [0.3, 0.4) is 0 Å². The molecule has 2 amide bonds. The summed E-state index contributed by atoms with van der Waals surface area (Å²) in [4.78, 5) is 26.2. The van der Waals surface area contributed by atoms with E-state index in [0.717, 1.165) is 22.7 Å². The Kier molecular flexibility index (Phi) is 7.44. The van der Waals surface area contributed by atoms with Crippen molar-refractivity contribution in [1.29, 1.82) is 0 Å². The predicted molar refractivity (Wildman–Crippen MR) is 134 cm³/mol. The minimum absolute atomic E-state index is 0.0198. The first-order chi connectivity index (χ1) is 16.5. The molecule has 0 saturated carbocycles. The van der Waals surface area contributed by atoms with Gasteiger partial charge in [0.1, 0.15) is 10.7 Å². The van der Waals surface area contributed by atoms with Gasteiger partial charge in [-0.1, -0.05) is 46.9 Å². The molecule has 1 heterocycles. The lowest BCUT2D eigenvalue weighted by Gasteiger charge is -2.13. The summed E-state index contributed by atoms with van der Waals surface area (Å²) in [5, 5.41) is -0.0594. The van der Waals surface area contributed by atoms with Crippen LogP contribution in [0.4, 0.5) is 9.18 Å². The molecular weight excluding hydrogens is 560 g/mol. The minimum atomic E-state index is -4.15. The molecule has 0 radical (unpaired) electrons. The van der Waals surface area contributed by atoms with E-state index in [2.05, 4.69) is 0 Å². The monoisotopic (exact) mass is 571 g/mol. The van der Waals surface area contributed by atoms with Crippen LogP contribution in [0.25, 0.3) is 6.08 Å².